The molecule has 0 radical (unpaired) electrons. The first-order valence-electron chi connectivity index (χ1n) is 6.38. The first-order chi connectivity index (χ1) is 8.18. The fourth-order valence-electron chi connectivity index (χ4n) is 2.41. The van der Waals surface area contributed by atoms with Gasteiger partial charge in [-0.3, -0.25) is 0 Å². The van der Waals surface area contributed by atoms with Crippen LogP contribution in [-0.2, 0) is 6.42 Å². The van der Waals surface area contributed by atoms with E-state index in [-0.39, 0.29) is 5.41 Å². The van der Waals surface area contributed by atoms with Gasteiger partial charge in [0.25, 0.3) is 0 Å². The number of nitrogens with zero attached hydrogens (tertiary/aromatic N) is 1. The van der Waals surface area contributed by atoms with Crippen LogP contribution >= 0.6 is 22.9 Å². The van der Waals surface area contributed by atoms with E-state index in [9.17, 15) is 0 Å². The van der Waals surface area contributed by atoms with Crippen LogP contribution in [0.25, 0.3) is 0 Å². The third-order valence-electron chi connectivity index (χ3n) is 3.98. The molecule has 0 fully saturated rings. The van der Waals surface area contributed by atoms with E-state index in [1.807, 2.05) is 0 Å². The molecule has 0 atom stereocenters. The molecule has 0 aliphatic carbocycles. The Morgan fingerprint density at radius 1 is 1.18 bits per heavy atom. The molecule has 1 aromatic carbocycles. The second-order valence-electron chi connectivity index (χ2n) is 4.64. The zero-order valence-corrected chi connectivity index (χ0v) is 13.2. The summed E-state index contributed by atoms with van der Waals surface area (Å²) in [6, 6.07) is 10.7. The van der Waals surface area contributed by atoms with Crippen molar-refractivity contribution < 1.29 is 0 Å². The van der Waals surface area contributed by atoms with E-state index < -0.39 is 0 Å². The third kappa shape index (κ3) is 3.80. The average molecular weight is 343 g/mol. The zero-order chi connectivity index (χ0) is 12.7. The molecule has 0 saturated carbocycles. The largest absolute Gasteiger partial charge is 0.224 e. The van der Waals surface area contributed by atoms with Gasteiger partial charge in [0.15, 0.2) is 0 Å². The summed E-state index contributed by atoms with van der Waals surface area (Å²) >= 11 is 2.13. The summed E-state index contributed by atoms with van der Waals surface area (Å²) in [6.45, 7) is 6.73. The van der Waals surface area contributed by atoms with E-state index in [0.29, 0.717) is 0 Å². The molecule has 0 saturated heterocycles. The van der Waals surface area contributed by atoms with Gasteiger partial charge in [-0.2, -0.15) is 0 Å². The summed E-state index contributed by atoms with van der Waals surface area (Å²) < 4.78 is 4.40. The van der Waals surface area contributed by atoms with Crippen molar-refractivity contribution >= 4 is 28.6 Å². The Morgan fingerprint density at radius 2 is 1.76 bits per heavy atom. The Morgan fingerprint density at radius 3 is 2.24 bits per heavy atom. The van der Waals surface area contributed by atoms with Crippen molar-refractivity contribution in [2.24, 2.45) is 8.62 Å². The van der Waals surface area contributed by atoms with Crippen LogP contribution in [0.3, 0.4) is 0 Å². The summed E-state index contributed by atoms with van der Waals surface area (Å²) in [5.74, 6) is 0. The predicted octanol–water partition coefficient (Wildman–Crippen LogP) is 5.24. The van der Waals surface area contributed by atoms with Gasteiger partial charge in [-0.25, -0.2) is 3.21 Å². The van der Waals surface area contributed by atoms with Crippen LogP contribution in [0.2, 0.25) is 0 Å². The molecule has 17 heavy (non-hydrogen) atoms. The molecule has 0 amide bonds. The van der Waals surface area contributed by atoms with Gasteiger partial charge in [0, 0.05) is 11.1 Å². The summed E-state index contributed by atoms with van der Waals surface area (Å²) in [4.78, 5) is 0. The molecule has 0 spiro atoms. The van der Waals surface area contributed by atoms with Crippen LogP contribution in [0, 0.1) is 5.41 Å². The van der Waals surface area contributed by atoms with Crippen LogP contribution < -0.4 is 0 Å². The molecule has 94 valence electrons. The highest BCUT2D eigenvalue weighted by Crippen LogP contribution is 2.34. The van der Waals surface area contributed by atoms with E-state index in [1.54, 1.807) is 0 Å². The topological polar surface area (TPSA) is 12.4 Å². The molecule has 1 nitrogen and oxygen atoms in total. The van der Waals surface area contributed by atoms with Gasteiger partial charge in [0.05, 0.1) is 22.9 Å². The maximum atomic E-state index is 4.40. The lowest BCUT2D eigenvalue weighted by Gasteiger charge is -2.31. The minimum absolute atomic E-state index is 0.289. The highest BCUT2D eigenvalue weighted by molar-refractivity contribution is 14.1. The quantitative estimate of drug-likeness (QED) is 0.495. The highest BCUT2D eigenvalue weighted by Gasteiger charge is 2.28. The predicted molar refractivity (Wildman–Crippen MR) is 84.9 cm³/mol. The van der Waals surface area contributed by atoms with Crippen molar-refractivity contribution in [1.29, 1.82) is 0 Å². The molecule has 0 bridgehead atoms. The molecule has 0 aliphatic heterocycles. The Labute approximate surface area is 119 Å². The normalized spacial score (nSPS) is 12.8. The average Bonchev–Trinajstić information content (AvgIpc) is 2.41. The number of halogens is 1. The molecule has 1 aromatic rings. The second kappa shape index (κ2) is 7.14. The van der Waals surface area contributed by atoms with E-state index in [2.05, 4.69) is 77.2 Å². The van der Waals surface area contributed by atoms with E-state index in [0.717, 1.165) is 6.42 Å². The maximum absolute atomic E-state index is 4.40. The fourth-order valence-corrected chi connectivity index (χ4v) is 2.93. The molecule has 0 aromatic heterocycles. The number of rotatable bonds is 6. The van der Waals surface area contributed by atoms with Gasteiger partial charge >= 0.3 is 0 Å². The van der Waals surface area contributed by atoms with Gasteiger partial charge < -0.3 is 0 Å². The SMILES string of the molecule is CCC(CC)(CCc1ccccc1)C(C)=NI. The summed E-state index contributed by atoms with van der Waals surface area (Å²) in [6.07, 6.45) is 4.69. The summed E-state index contributed by atoms with van der Waals surface area (Å²) in [5.41, 5.74) is 3.01. The summed E-state index contributed by atoms with van der Waals surface area (Å²) in [5, 5.41) is 0. The fraction of sp³-hybridized carbons (Fsp3) is 0.533. The molecule has 0 heterocycles. The molecule has 2 heteroatoms. The number of aryl methyl sites for hydroxylation is 1. The smallest absolute Gasteiger partial charge is 0.0830 e. The minimum Gasteiger partial charge on any atom is -0.224 e. The lowest BCUT2D eigenvalue weighted by Crippen LogP contribution is -2.28. The van der Waals surface area contributed by atoms with Crippen LogP contribution in [0.5, 0.6) is 0 Å². The van der Waals surface area contributed by atoms with Gasteiger partial charge in [0.2, 0.25) is 0 Å². The van der Waals surface area contributed by atoms with Crippen molar-refractivity contribution in [2.75, 3.05) is 0 Å². The van der Waals surface area contributed by atoms with Gasteiger partial charge in [-0.05, 0) is 38.2 Å². The lowest BCUT2D eigenvalue weighted by molar-refractivity contribution is 0.357. The Kier molecular flexibility index (Phi) is 6.17. The van der Waals surface area contributed by atoms with Crippen molar-refractivity contribution in [3.8, 4) is 0 Å². The molecule has 0 aliphatic rings. The Bertz CT molecular complexity index is 352. The zero-order valence-electron chi connectivity index (χ0n) is 11.0. The van der Waals surface area contributed by atoms with Crippen LogP contribution in [-0.4, -0.2) is 5.71 Å². The first kappa shape index (κ1) is 14.7. The monoisotopic (exact) mass is 343 g/mol. The van der Waals surface area contributed by atoms with E-state index in [1.165, 1.54) is 30.5 Å². The highest BCUT2D eigenvalue weighted by atomic mass is 127. The van der Waals surface area contributed by atoms with Crippen LogP contribution in [0.1, 0.15) is 45.6 Å². The van der Waals surface area contributed by atoms with Gasteiger partial charge in [-0.1, -0.05) is 44.2 Å². The third-order valence-corrected chi connectivity index (χ3v) is 4.71. The number of hydrogen-bond donors (Lipinski definition) is 0. The van der Waals surface area contributed by atoms with Crippen molar-refractivity contribution in [3.63, 3.8) is 0 Å². The van der Waals surface area contributed by atoms with Gasteiger partial charge in [0.1, 0.15) is 0 Å². The van der Waals surface area contributed by atoms with E-state index in [4.69, 9.17) is 0 Å². The molecule has 0 N–H and O–H groups in total. The summed E-state index contributed by atoms with van der Waals surface area (Å²) in [7, 11) is 0. The lowest BCUT2D eigenvalue weighted by atomic mass is 9.74. The van der Waals surface area contributed by atoms with Crippen molar-refractivity contribution in [2.45, 2.75) is 46.5 Å². The molecule has 1 rings (SSSR count). The molecular formula is C15H22IN. The molecule has 0 unspecified atom stereocenters. The Balaban J connectivity index is 2.75. The van der Waals surface area contributed by atoms with E-state index >= 15 is 0 Å². The Hall–Kier alpha value is -0.380. The maximum Gasteiger partial charge on any atom is 0.0830 e. The second-order valence-corrected chi connectivity index (χ2v) is 5.13. The van der Waals surface area contributed by atoms with Crippen LogP contribution in [0.15, 0.2) is 33.5 Å². The standard InChI is InChI=1S/C15H22IN/c1-4-15(5-2,13(3)17-16)12-11-14-9-7-6-8-10-14/h6-10H,4-5,11-12H2,1-3H3. The van der Waals surface area contributed by atoms with Crippen LogP contribution in [0.4, 0.5) is 0 Å². The van der Waals surface area contributed by atoms with Gasteiger partial charge in [-0.15, -0.1) is 0 Å². The number of hydrogen-bond acceptors (Lipinski definition) is 1. The first-order valence-corrected chi connectivity index (χ1v) is 7.35. The van der Waals surface area contributed by atoms with Crippen molar-refractivity contribution in [1.82, 2.24) is 0 Å². The number of benzene rings is 1. The molecular weight excluding hydrogens is 321 g/mol. The minimum atomic E-state index is 0.289. The van der Waals surface area contributed by atoms with Crippen molar-refractivity contribution in [3.05, 3.63) is 35.9 Å².